The minimum absolute atomic E-state index is 0.189. The molecule has 0 saturated carbocycles. The van der Waals surface area contributed by atoms with Crippen LogP contribution in [0.2, 0.25) is 4.34 Å². The van der Waals surface area contributed by atoms with E-state index in [4.69, 9.17) is 17.3 Å². The number of hydrogen-bond donors (Lipinski definition) is 2. The lowest BCUT2D eigenvalue weighted by molar-refractivity contribution is 0.106. The van der Waals surface area contributed by atoms with Gasteiger partial charge in [0.1, 0.15) is 0 Å². The van der Waals surface area contributed by atoms with Gasteiger partial charge in [-0.15, -0.1) is 11.3 Å². The molecule has 3 atom stereocenters. The van der Waals surface area contributed by atoms with Crippen LogP contribution >= 0.6 is 22.9 Å². The second-order valence-electron chi connectivity index (χ2n) is 4.65. The van der Waals surface area contributed by atoms with Crippen molar-refractivity contribution >= 4 is 22.9 Å². The standard InChI is InChI=1S/C12H19ClN2OS/c1-8-4-5-15(10(8)7-16)9(6-14)11-2-3-12(13)17-11/h2-3,8-10,16H,4-7,14H2,1H3. The molecule has 0 spiro atoms. The van der Waals surface area contributed by atoms with E-state index in [0.717, 1.165) is 17.3 Å². The zero-order valence-electron chi connectivity index (χ0n) is 9.97. The second kappa shape index (κ2) is 5.67. The smallest absolute Gasteiger partial charge is 0.0931 e. The zero-order valence-corrected chi connectivity index (χ0v) is 11.5. The van der Waals surface area contributed by atoms with Crippen molar-refractivity contribution < 1.29 is 5.11 Å². The summed E-state index contributed by atoms with van der Waals surface area (Å²) in [5.41, 5.74) is 5.90. The Bertz CT molecular complexity index is 371. The number of nitrogens with zero attached hydrogens (tertiary/aromatic N) is 1. The molecule has 2 heterocycles. The van der Waals surface area contributed by atoms with Gasteiger partial charge >= 0.3 is 0 Å². The molecular formula is C12H19ClN2OS. The van der Waals surface area contributed by atoms with Crippen molar-refractivity contribution in [2.45, 2.75) is 25.4 Å². The lowest BCUT2D eigenvalue weighted by Crippen LogP contribution is -2.40. The van der Waals surface area contributed by atoms with Gasteiger partial charge in [0.2, 0.25) is 0 Å². The lowest BCUT2D eigenvalue weighted by Gasteiger charge is -2.32. The van der Waals surface area contributed by atoms with Crippen molar-refractivity contribution in [3.05, 3.63) is 21.3 Å². The van der Waals surface area contributed by atoms with E-state index in [1.807, 2.05) is 12.1 Å². The number of nitrogens with two attached hydrogens (primary N) is 1. The highest BCUT2D eigenvalue weighted by Gasteiger charge is 2.35. The third kappa shape index (κ3) is 2.66. The first kappa shape index (κ1) is 13.3. The monoisotopic (exact) mass is 274 g/mol. The van der Waals surface area contributed by atoms with Crippen LogP contribution in [0.25, 0.3) is 0 Å². The Morgan fingerprint density at radius 2 is 2.41 bits per heavy atom. The normalized spacial score (nSPS) is 27.5. The summed E-state index contributed by atoms with van der Waals surface area (Å²) in [5.74, 6) is 0.532. The maximum absolute atomic E-state index is 9.50. The molecular weight excluding hydrogens is 256 g/mol. The highest BCUT2D eigenvalue weighted by atomic mass is 35.5. The molecule has 5 heteroatoms. The number of halogens is 1. The molecule has 0 aromatic carbocycles. The van der Waals surface area contributed by atoms with E-state index in [2.05, 4.69) is 11.8 Å². The van der Waals surface area contributed by atoms with Gasteiger partial charge in [-0.05, 0) is 31.0 Å². The molecule has 3 unspecified atom stereocenters. The van der Waals surface area contributed by atoms with Crippen molar-refractivity contribution in [1.29, 1.82) is 0 Å². The first-order valence-corrected chi connectivity index (χ1v) is 7.18. The summed E-state index contributed by atoms with van der Waals surface area (Å²) < 4.78 is 0.797. The van der Waals surface area contributed by atoms with Crippen LogP contribution in [-0.4, -0.2) is 35.7 Å². The molecule has 1 aromatic heterocycles. The van der Waals surface area contributed by atoms with E-state index in [9.17, 15) is 5.11 Å². The highest BCUT2D eigenvalue weighted by Crippen LogP contribution is 2.35. The fourth-order valence-electron chi connectivity index (χ4n) is 2.63. The Morgan fingerprint density at radius 3 is 2.94 bits per heavy atom. The van der Waals surface area contributed by atoms with E-state index >= 15 is 0 Å². The Labute approximate surface area is 111 Å². The van der Waals surface area contributed by atoms with Crippen LogP contribution in [0, 0.1) is 5.92 Å². The lowest BCUT2D eigenvalue weighted by atomic mass is 10.0. The van der Waals surface area contributed by atoms with Gasteiger partial charge in [0, 0.05) is 17.5 Å². The SMILES string of the molecule is CC1CCN(C(CN)c2ccc(Cl)s2)C1CO. The van der Waals surface area contributed by atoms with Gasteiger partial charge < -0.3 is 10.8 Å². The second-order valence-corrected chi connectivity index (χ2v) is 6.39. The molecule has 1 aliphatic rings. The highest BCUT2D eigenvalue weighted by molar-refractivity contribution is 7.16. The number of rotatable bonds is 4. The van der Waals surface area contributed by atoms with Gasteiger partial charge in [-0.25, -0.2) is 0 Å². The average Bonchev–Trinajstić information content (AvgIpc) is 2.88. The minimum Gasteiger partial charge on any atom is -0.395 e. The number of aliphatic hydroxyl groups excluding tert-OH is 1. The maximum Gasteiger partial charge on any atom is 0.0931 e. The predicted octanol–water partition coefficient (Wildman–Crippen LogP) is 2.10. The third-order valence-electron chi connectivity index (χ3n) is 3.66. The Kier molecular flexibility index (Phi) is 4.44. The zero-order chi connectivity index (χ0) is 12.4. The third-order valence-corrected chi connectivity index (χ3v) is 4.99. The molecule has 0 radical (unpaired) electrons. The van der Waals surface area contributed by atoms with Crippen LogP contribution in [0.3, 0.4) is 0 Å². The van der Waals surface area contributed by atoms with E-state index in [1.54, 1.807) is 11.3 Å². The molecule has 3 nitrogen and oxygen atoms in total. The Hall–Kier alpha value is -0.130. The van der Waals surface area contributed by atoms with Crippen LogP contribution in [0.5, 0.6) is 0 Å². The fourth-order valence-corrected chi connectivity index (χ4v) is 3.83. The molecule has 1 saturated heterocycles. The van der Waals surface area contributed by atoms with Crippen molar-refractivity contribution in [2.75, 3.05) is 19.7 Å². The molecule has 0 bridgehead atoms. The largest absolute Gasteiger partial charge is 0.395 e. The first-order chi connectivity index (χ1) is 8.17. The number of likely N-dealkylation sites (tertiary alicyclic amines) is 1. The summed E-state index contributed by atoms with van der Waals surface area (Å²) in [7, 11) is 0. The van der Waals surface area contributed by atoms with E-state index < -0.39 is 0 Å². The predicted molar refractivity (Wildman–Crippen MR) is 72.5 cm³/mol. The van der Waals surface area contributed by atoms with E-state index in [-0.39, 0.29) is 18.7 Å². The molecule has 2 rings (SSSR count). The minimum atomic E-state index is 0.189. The van der Waals surface area contributed by atoms with Crippen LogP contribution in [-0.2, 0) is 0 Å². The maximum atomic E-state index is 9.50. The Morgan fingerprint density at radius 1 is 1.65 bits per heavy atom. The summed E-state index contributed by atoms with van der Waals surface area (Å²) in [4.78, 5) is 3.53. The summed E-state index contributed by atoms with van der Waals surface area (Å²) >= 11 is 7.56. The van der Waals surface area contributed by atoms with Gasteiger partial charge in [-0.2, -0.15) is 0 Å². The summed E-state index contributed by atoms with van der Waals surface area (Å²) in [6.07, 6.45) is 1.13. The average molecular weight is 275 g/mol. The summed E-state index contributed by atoms with van der Waals surface area (Å²) in [6.45, 7) is 3.97. The molecule has 1 aromatic rings. The first-order valence-electron chi connectivity index (χ1n) is 5.99. The van der Waals surface area contributed by atoms with Gasteiger partial charge in [-0.1, -0.05) is 18.5 Å². The summed E-state index contributed by atoms with van der Waals surface area (Å²) in [5, 5.41) is 9.50. The quantitative estimate of drug-likeness (QED) is 0.884. The fraction of sp³-hybridized carbons (Fsp3) is 0.667. The summed E-state index contributed by atoms with van der Waals surface area (Å²) in [6, 6.07) is 4.37. The molecule has 0 aliphatic carbocycles. The topological polar surface area (TPSA) is 49.5 Å². The number of hydrogen-bond acceptors (Lipinski definition) is 4. The van der Waals surface area contributed by atoms with Crippen LogP contribution < -0.4 is 5.73 Å². The van der Waals surface area contributed by atoms with Crippen LogP contribution in [0.1, 0.15) is 24.3 Å². The van der Waals surface area contributed by atoms with Gasteiger partial charge in [0.05, 0.1) is 17.0 Å². The van der Waals surface area contributed by atoms with Gasteiger partial charge in [-0.3, -0.25) is 4.90 Å². The van der Waals surface area contributed by atoms with E-state index in [0.29, 0.717) is 12.5 Å². The Balaban J connectivity index is 2.18. The van der Waals surface area contributed by atoms with Gasteiger partial charge in [0.25, 0.3) is 0 Å². The molecule has 17 heavy (non-hydrogen) atoms. The molecule has 0 amide bonds. The number of thiophene rings is 1. The van der Waals surface area contributed by atoms with Crippen molar-refractivity contribution in [3.8, 4) is 0 Å². The number of aliphatic hydroxyl groups is 1. The van der Waals surface area contributed by atoms with Crippen molar-refractivity contribution in [3.63, 3.8) is 0 Å². The van der Waals surface area contributed by atoms with Crippen molar-refractivity contribution in [1.82, 2.24) is 4.90 Å². The van der Waals surface area contributed by atoms with Crippen molar-refractivity contribution in [2.24, 2.45) is 11.7 Å². The molecule has 3 N–H and O–H groups in total. The van der Waals surface area contributed by atoms with Crippen LogP contribution in [0.4, 0.5) is 0 Å². The molecule has 1 fully saturated rings. The molecule has 96 valence electrons. The van der Waals surface area contributed by atoms with Gasteiger partial charge in [0.15, 0.2) is 0 Å². The van der Waals surface area contributed by atoms with Crippen LogP contribution in [0.15, 0.2) is 12.1 Å². The molecule has 1 aliphatic heterocycles. The van der Waals surface area contributed by atoms with E-state index in [1.165, 1.54) is 4.88 Å².